The molecule has 0 amide bonds. The average Bonchev–Trinajstić information content (AvgIpc) is 2.50. The van der Waals surface area contributed by atoms with E-state index in [4.69, 9.17) is 4.74 Å². The maximum atomic E-state index is 5.60. The molecule has 0 saturated carbocycles. The summed E-state index contributed by atoms with van der Waals surface area (Å²) in [7, 11) is 0. The fourth-order valence-corrected chi connectivity index (χ4v) is 3.01. The van der Waals surface area contributed by atoms with Gasteiger partial charge in [-0.15, -0.1) is 0 Å². The number of hydrogen-bond acceptors (Lipinski definition) is 3. The molecule has 1 fully saturated rings. The van der Waals surface area contributed by atoms with E-state index in [9.17, 15) is 0 Å². The molecule has 1 aromatic carbocycles. The average molecular weight is 270 g/mol. The smallest absolute Gasteiger partial charge is 0.0705 e. The van der Waals surface area contributed by atoms with Crippen LogP contribution in [0.15, 0.2) is 30.5 Å². The van der Waals surface area contributed by atoms with Crippen molar-refractivity contribution in [3.05, 3.63) is 41.6 Å². The third-order valence-corrected chi connectivity index (χ3v) is 4.31. The molecule has 0 N–H and O–H groups in total. The molecule has 2 aromatic rings. The Morgan fingerprint density at radius 1 is 1.35 bits per heavy atom. The lowest BCUT2D eigenvalue weighted by Crippen LogP contribution is -2.44. The quantitative estimate of drug-likeness (QED) is 0.856. The topological polar surface area (TPSA) is 25.4 Å². The zero-order valence-corrected chi connectivity index (χ0v) is 12.3. The summed E-state index contributed by atoms with van der Waals surface area (Å²) in [6.07, 6.45) is 3.01. The molecule has 3 heteroatoms. The van der Waals surface area contributed by atoms with E-state index in [2.05, 4.69) is 41.9 Å². The van der Waals surface area contributed by atoms with Crippen LogP contribution in [-0.2, 0) is 11.3 Å². The van der Waals surface area contributed by atoms with Gasteiger partial charge in [0.1, 0.15) is 0 Å². The van der Waals surface area contributed by atoms with Crippen LogP contribution in [0.1, 0.15) is 24.5 Å². The Bertz CT molecular complexity index is 597. The van der Waals surface area contributed by atoms with Crippen LogP contribution in [0, 0.1) is 6.92 Å². The maximum absolute atomic E-state index is 5.60. The van der Waals surface area contributed by atoms with Gasteiger partial charge in [0.15, 0.2) is 0 Å². The van der Waals surface area contributed by atoms with Gasteiger partial charge in [-0.2, -0.15) is 0 Å². The van der Waals surface area contributed by atoms with Crippen LogP contribution >= 0.6 is 0 Å². The molecule has 0 bridgehead atoms. The molecule has 3 rings (SSSR count). The monoisotopic (exact) mass is 270 g/mol. The van der Waals surface area contributed by atoms with Gasteiger partial charge in [-0.1, -0.05) is 19.1 Å². The number of ether oxygens (including phenoxy) is 1. The minimum atomic E-state index is 0.537. The van der Waals surface area contributed by atoms with Crippen molar-refractivity contribution < 1.29 is 4.74 Å². The molecule has 1 aromatic heterocycles. The molecule has 2 heterocycles. The van der Waals surface area contributed by atoms with E-state index in [1.807, 2.05) is 12.3 Å². The fraction of sp³-hybridized carbons (Fsp3) is 0.471. The van der Waals surface area contributed by atoms with Crippen molar-refractivity contribution in [2.45, 2.75) is 32.9 Å². The zero-order valence-electron chi connectivity index (χ0n) is 12.3. The summed E-state index contributed by atoms with van der Waals surface area (Å²) in [5.74, 6) is 0. The molecule has 0 unspecified atom stereocenters. The Kier molecular flexibility index (Phi) is 3.99. The largest absolute Gasteiger partial charge is 0.378 e. The van der Waals surface area contributed by atoms with Gasteiger partial charge in [-0.25, -0.2) is 0 Å². The first kappa shape index (κ1) is 13.5. The molecule has 1 aliphatic heterocycles. The van der Waals surface area contributed by atoms with Crippen molar-refractivity contribution in [3.63, 3.8) is 0 Å². The SMILES string of the molecule is CC[C@H]1COCCN1Cc1c(C)ccc2ncccc12. The Labute approximate surface area is 120 Å². The van der Waals surface area contributed by atoms with Crippen LogP contribution in [-0.4, -0.2) is 35.7 Å². The van der Waals surface area contributed by atoms with E-state index in [1.165, 1.54) is 16.5 Å². The molecule has 0 aliphatic carbocycles. The van der Waals surface area contributed by atoms with Crippen molar-refractivity contribution in [1.29, 1.82) is 0 Å². The highest BCUT2D eigenvalue weighted by Gasteiger charge is 2.22. The molecule has 0 radical (unpaired) electrons. The highest BCUT2D eigenvalue weighted by molar-refractivity contribution is 5.83. The van der Waals surface area contributed by atoms with Gasteiger partial charge in [-0.3, -0.25) is 9.88 Å². The van der Waals surface area contributed by atoms with Gasteiger partial charge in [0.2, 0.25) is 0 Å². The molecule has 20 heavy (non-hydrogen) atoms. The summed E-state index contributed by atoms with van der Waals surface area (Å²) in [4.78, 5) is 7.03. The number of pyridine rings is 1. The van der Waals surface area contributed by atoms with E-state index in [-0.39, 0.29) is 0 Å². The first-order valence-electron chi connectivity index (χ1n) is 7.44. The second-order valence-corrected chi connectivity index (χ2v) is 5.54. The summed E-state index contributed by atoms with van der Waals surface area (Å²) >= 11 is 0. The Morgan fingerprint density at radius 3 is 3.10 bits per heavy atom. The van der Waals surface area contributed by atoms with Gasteiger partial charge in [0.25, 0.3) is 0 Å². The molecule has 1 saturated heterocycles. The van der Waals surface area contributed by atoms with Gasteiger partial charge in [0.05, 0.1) is 18.7 Å². The molecule has 1 atom stereocenters. The van der Waals surface area contributed by atoms with Crippen molar-refractivity contribution >= 4 is 10.9 Å². The number of benzene rings is 1. The Balaban J connectivity index is 1.95. The lowest BCUT2D eigenvalue weighted by Gasteiger charge is -2.35. The molecular weight excluding hydrogens is 248 g/mol. The number of fused-ring (bicyclic) bond motifs is 1. The van der Waals surface area contributed by atoms with Crippen LogP contribution in [0.5, 0.6) is 0 Å². The van der Waals surface area contributed by atoms with Gasteiger partial charge >= 0.3 is 0 Å². The van der Waals surface area contributed by atoms with Crippen LogP contribution in [0.2, 0.25) is 0 Å². The second-order valence-electron chi connectivity index (χ2n) is 5.54. The highest BCUT2D eigenvalue weighted by atomic mass is 16.5. The Morgan fingerprint density at radius 2 is 2.25 bits per heavy atom. The summed E-state index contributed by atoms with van der Waals surface area (Å²) in [5, 5.41) is 1.29. The lowest BCUT2D eigenvalue weighted by atomic mass is 10.0. The summed E-state index contributed by atoms with van der Waals surface area (Å²) < 4.78 is 5.60. The number of aromatic nitrogens is 1. The number of rotatable bonds is 3. The molecular formula is C17H22N2O. The van der Waals surface area contributed by atoms with E-state index in [0.29, 0.717) is 6.04 Å². The molecule has 0 spiro atoms. The third-order valence-electron chi connectivity index (χ3n) is 4.31. The van der Waals surface area contributed by atoms with Crippen LogP contribution in [0.3, 0.4) is 0 Å². The van der Waals surface area contributed by atoms with Crippen LogP contribution in [0.4, 0.5) is 0 Å². The zero-order chi connectivity index (χ0) is 13.9. The molecule has 3 nitrogen and oxygen atoms in total. The standard InChI is InChI=1S/C17H22N2O/c1-3-14-12-20-10-9-19(14)11-16-13(2)6-7-17-15(16)5-4-8-18-17/h4-8,14H,3,9-12H2,1-2H3/t14-/m0/s1. The fourth-order valence-electron chi connectivity index (χ4n) is 3.01. The molecule has 1 aliphatic rings. The second kappa shape index (κ2) is 5.90. The molecule has 106 valence electrons. The maximum Gasteiger partial charge on any atom is 0.0705 e. The first-order chi connectivity index (χ1) is 9.79. The minimum Gasteiger partial charge on any atom is -0.378 e. The van der Waals surface area contributed by atoms with Gasteiger partial charge in [-0.05, 0) is 36.6 Å². The van der Waals surface area contributed by atoms with E-state index in [0.717, 1.165) is 38.2 Å². The van der Waals surface area contributed by atoms with Gasteiger partial charge in [0, 0.05) is 30.7 Å². The van der Waals surface area contributed by atoms with Crippen LogP contribution < -0.4 is 0 Å². The minimum absolute atomic E-state index is 0.537. The summed E-state index contributed by atoms with van der Waals surface area (Å²) in [6, 6.07) is 9.06. The predicted molar refractivity (Wildman–Crippen MR) is 81.8 cm³/mol. The number of nitrogens with zero attached hydrogens (tertiary/aromatic N) is 2. The predicted octanol–water partition coefficient (Wildman–Crippen LogP) is 3.15. The van der Waals surface area contributed by atoms with Crippen molar-refractivity contribution in [1.82, 2.24) is 9.88 Å². The van der Waals surface area contributed by atoms with E-state index < -0.39 is 0 Å². The van der Waals surface area contributed by atoms with E-state index in [1.54, 1.807) is 0 Å². The first-order valence-corrected chi connectivity index (χ1v) is 7.44. The lowest BCUT2D eigenvalue weighted by molar-refractivity contribution is -0.0126. The third kappa shape index (κ3) is 2.56. The van der Waals surface area contributed by atoms with Crippen LogP contribution in [0.25, 0.3) is 10.9 Å². The highest BCUT2D eigenvalue weighted by Crippen LogP contribution is 2.24. The van der Waals surface area contributed by atoms with Gasteiger partial charge < -0.3 is 4.74 Å². The van der Waals surface area contributed by atoms with Crippen molar-refractivity contribution in [2.75, 3.05) is 19.8 Å². The number of morpholine rings is 1. The Hall–Kier alpha value is -1.45. The number of aryl methyl sites for hydroxylation is 1. The van der Waals surface area contributed by atoms with E-state index >= 15 is 0 Å². The number of hydrogen-bond donors (Lipinski definition) is 0. The van der Waals surface area contributed by atoms with Crippen molar-refractivity contribution in [2.24, 2.45) is 0 Å². The van der Waals surface area contributed by atoms with Crippen molar-refractivity contribution in [3.8, 4) is 0 Å². The normalized spacial score (nSPS) is 20.4. The summed E-state index contributed by atoms with van der Waals surface area (Å²) in [5.41, 5.74) is 3.86. The summed E-state index contributed by atoms with van der Waals surface area (Å²) in [6.45, 7) is 8.16.